The van der Waals surface area contributed by atoms with Crippen molar-refractivity contribution in [1.29, 1.82) is 0 Å². The second-order valence-corrected chi connectivity index (χ2v) is 10.4. The van der Waals surface area contributed by atoms with Gasteiger partial charge in [-0.3, -0.25) is 14.3 Å². The number of hydrogen-bond acceptors (Lipinski definition) is 6. The van der Waals surface area contributed by atoms with E-state index in [9.17, 15) is 4.79 Å². The predicted octanol–water partition coefficient (Wildman–Crippen LogP) is 5.13. The molecule has 3 heterocycles. The number of nitrogens with one attached hydrogen (secondary N) is 2. The number of amidine groups is 1. The van der Waals surface area contributed by atoms with Gasteiger partial charge in [0.1, 0.15) is 11.9 Å². The molecule has 1 aliphatic rings. The Balaban J connectivity index is 1.33. The van der Waals surface area contributed by atoms with Crippen LogP contribution in [0.4, 0.5) is 11.5 Å². The number of aryl methyl sites for hydroxylation is 2. The first-order valence-electron chi connectivity index (χ1n) is 13.4. The molecular formula is C31H30ClN8O+. The molecule has 0 saturated carbocycles. The zero-order valence-corrected chi connectivity index (χ0v) is 23.4. The number of carbonyl (C=O) groups is 1. The van der Waals surface area contributed by atoms with Crippen molar-refractivity contribution in [2.75, 3.05) is 11.7 Å². The van der Waals surface area contributed by atoms with E-state index in [2.05, 4.69) is 33.0 Å². The second kappa shape index (κ2) is 11.4. The average Bonchev–Trinajstić information content (AvgIpc) is 3.59. The van der Waals surface area contributed by atoms with Crippen molar-refractivity contribution in [3.05, 3.63) is 120 Å². The summed E-state index contributed by atoms with van der Waals surface area (Å²) in [7, 11) is 1.93. The first kappa shape index (κ1) is 26.5. The Labute approximate surface area is 243 Å². The van der Waals surface area contributed by atoms with Crippen molar-refractivity contribution in [3.63, 3.8) is 0 Å². The van der Waals surface area contributed by atoms with Crippen LogP contribution in [0.1, 0.15) is 17.5 Å². The van der Waals surface area contributed by atoms with Crippen molar-refractivity contribution in [3.8, 4) is 0 Å². The summed E-state index contributed by atoms with van der Waals surface area (Å²) in [4.78, 5) is 22.7. The molecule has 206 valence electrons. The van der Waals surface area contributed by atoms with Crippen molar-refractivity contribution in [1.82, 2.24) is 30.0 Å². The Morgan fingerprint density at radius 1 is 0.976 bits per heavy atom. The molecule has 1 atom stereocenters. The van der Waals surface area contributed by atoms with Gasteiger partial charge in [-0.15, -0.1) is 10.2 Å². The van der Waals surface area contributed by atoms with Crippen LogP contribution in [0.5, 0.6) is 0 Å². The van der Waals surface area contributed by atoms with Gasteiger partial charge >= 0.3 is 0 Å². The number of anilines is 1. The van der Waals surface area contributed by atoms with Crippen LogP contribution in [0.3, 0.4) is 0 Å². The number of halogens is 1. The number of aromatic nitrogens is 3. The Hall–Kier alpha value is -4.73. The third-order valence-corrected chi connectivity index (χ3v) is 7.55. The summed E-state index contributed by atoms with van der Waals surface area (Å²) < 4.78 is 1.94. The highest BCUT2D eigenvalue weighted by Gasteiger charge is 2.52. The minimum Gasteiger partial charge on any atom is -0.347 e. The molecule has 0 saturated heterocycles. The fraction of sp³-hybridized carbons (Fsp3) is 0.161. The van der Waals surface area contributed by atoms with Crippen LogP contribution in [0.15, 0.2) is 109 Å². The topological polar surface area (TPSA) is 87.4 Å². The number of pyridine rings is 1. The molecule has 0 fully saturated rings. The van der Waals surface area contributed by atoms with E-state index in [1.165, 1.54) is 5.56 Å². The second-order valence-electron chi connectivity index (χ2n) is 10.00. The Morgan fingerprint density at radius 2 is 1.80 bits per heavy atom. The van der Waals surface area contributed by atoms with Crippen LogP contribution < -0.4 is 20.6 Å². The summed E-state index contributed by atoms with van der Waals surface area (Å²) in [6, 6.07) is 27.7. The number of imidazole rings is 1. The number of carbonyl (C=O) groups excluding carboxylic acids is 1. The number of quaternary nitrogens is 1. The van der Waals surface area contributed by atoms with Gasteiger partial charge in [-0.1, -0.05) is 64.7 Å². The van der Waals surface area contributed by atoms with E-state index in [0.29, 0.717) is 18.0 Å². The molecular weight excluding hydrogens is 536 g/mol. The molecule has 0 bridgehead atoms. The molecule has 1 amide bonds. The van der Waals surface area contributed by atoms with Gasteiger partial charge in [-0.2, -0.15) is 5.53 Å². The highest BCUT2D eigenvalue weighted by atomic mass is 35.5. The molecule has 2 aromatic heterocycles. The van der Waals surface area contributed by atoms with Crippen molar-refractivity contribution in [2.24, 2.45) is 12.1 Å². The third-order valence-electron chi connectivity index (χ3n) is 7.30. The molecule has 0 aliphatic carbocycles. The van der Waals surface area contributed by atoms with Crippen LogP contribution in [0.2, 0.25) is 5.02 Å². The number of hydrazone groups is 1. The highest BCUT2D eigenvalue weighted by Crippen LogP contribution is 2.34. The molecule has 1 unspecified atom stereocenters. The molecule has 10 heteroatoms. The van der Waals surface area contributed by atoms with E-state index in [1.807, 2.05) is 89.5 Å². The maximum absolute atomic E-state index is 13.8. The molecule has 3 aromatic carbocycles. The van der Waals surface area contributed by atoms with E-state index in [0.717, 1.165) is 40.2 Å². The smallest absolute Gasteiger partial charge is 0.278 e. The van der Waals surface area contributed by atoms with Crippen molar-refractivity contribution >= 4 is 45.8 Å². The van der Waals surface area contributed by atoms with Gasteiger partial charge in [0.05, 0.1) is 18.3 Å². The zero-order valence-electron chi connectivity index (χ0n) is 22.6. The van der Waals surface area contributed by atoms with Crippen LogP contribution in [0, 0.1) is 0 Å². The maximum atomic E-state index is 13.8. The normalized spacial score (nSPS) is 16.4. The van der Waals surface area contributed by atoms with Gasteiger partial charge in [0.15, 0.2) is 6.54 Å². The summed E-state index contributed by atoms with van der Waals surface area (Å²) in [5.41, 5.74) is 7.08. The number of hydrazine groups is 1. The van der Waals surface area contributed by atoms with E-state index in [1.54, 1.807) is 18.7 Å². The standard InChI is InChI=1S/C31H29ClN8O/c1-38-22-33-20-31(38)40(21-30(41)35-19-24-9-11-25-8-5-17-34-28(25)18-24)29(16-10-23-6-3-2-4-7-23)36-37-39(40)27-14-12-26(32)13-15-27/h2-9,11-15,17-18,20,22,37H,10,16,19,21H2,1H3/p+1. The Morgan fingerprint density at radius 3 is 2.59 bits per heavy atom. The highest BCUT2D eigenvalue weighted by molar-refractivity contribution is 6.30. The zero-order chi connectivity index (χ0) is 28.2. The number of amides is 1. The minimum absolute atomic E-state index is 0.01000. The van der Waals surface area contributed by atoms with Gasteiger partial charge in [0, 0.05) is 30.2 Å². The lowest BCUT2D eigenvalue weighted by Crippen LogP contribution is -2.68. The van der Waals surface area contributed by atoms with E-state index >= 15 is 0 Å². The van der Waals surface area contributed by atoms with Crippen LogP contribution >= 0.6 is 11.6 Å². The SMILES string of the molecule is Cn1cncc1[N+]1(CC(=O)NCc2ccc3cccnc3c2)C(CCc2ccccc2)=NNN1c1ccc(Cl)cc1. The number of fused-ring (bicyclic) bond motifs is 1. The van der Waals surface area contributed by atoms with Gasteiger partial charge in [0.2, 0.25) is 0 Å². The molecule has 6 rings (SSSR count). The van der Waals surface area contributed by atoms with Crippen LogP contribution in [-0.4, -0.2) is 32.8 Å². The fourth-order valence-corrected chi connectivity index (χ4v) is 5.36. The summed E-state index contributed by atoms with van der Waals surface area (Å²) in [5, 5.41) is 11.5. The van der Waals surface area contributed by atoms with E-state index in [4.69, 9.17) is 16.7 Å². The molecule has 2 N–H and O–H groups in total. The molecule has 5 aromatic rings. The molecule has 9 nitrogen and oxygen atoms in total. The summed E-state index contributed by atoms with van der Waals surface area (Å²) in [6.45, 7) is 0.441. The lowest BCUT2D eigenvalue weighted by molar-refractivity contribution is -0.121. The maximum Gasteiger partial charge on any atom is 0.278 e. The molecule has 1 aliphatic heterocycles. The van der Waals surface area contributed by atoms with Gasteiger partial charge in [-0.25, -0.2) is 4.98 Å². The minimum atomic E-state index is -0.137. The van der Waals surface area contributed by atoms with E-state index in [-0.39, 0.29) is 17.0 Å². The lowest BCUT2D eigenvalue weighted by atomic mass is 10.1. The monoisotopic (exact) mass is 565 g/mol. The summed E-state index contributed by atoms with van der Waals surface area (Å²) >= 11 is 6.23. The summed E-state index contributed by atoms with van der Waals surface area (Å²) in [5.74, 6) is 1.45. The van der Waals surface area contributed by atoms with Gasteiger partial charge in [0.25, 0.3) is 17.6 Å². The first-order valence-corrected chi connectivity index (χ1v) is 13.8. The number of hydrogen-bond donors (Lipinski definition) is 2. The van der Waals surface area contributed by atoms with Gasteiger partial charge < -0.3 is 5.32 Å². The van der Waals surface area contributed by atoms with E-state index < -0.39 is 0 Å². The number of rotatable bonds is 9. The lowest BCUT2D eigenvalue weighted by Gasteiger charge is -2.38. The van der Waals surface area contributed by atoms with Crippen LogP contribution in [0.25, 0.3) is 10.9 Å². The van der Waals surface area contributed by atoms with Crippen LogP contribution in [-0.2, 0) is 24.8 Å². The van der Waals surface area contributed by atoms with Crippen molar-refractivity contribution in [2.45, 2.75) is 19.4 Å². The molecule has 0 radical (unpaired) electrons. The fourth-order valence-electron chi connectivity index (χ4n) is 5.23. The Kier molecular flexibility index (Phi) is 7.37. The number of nitrogens with zero attached hydrogens (tertiary/aromatic N) is 6. The first-order chi connectivity index (χ1) is 20.0. The quantitative estimate of drug-likeness (QED) is 0.242. The van der Waals surface area contributed by atoms with Gasteiger partial charge in [-0.05, 0) is 53.9 Å². The number of benzene rings is 3. The summed E-state index contributed by atoms with van der Waals surface area (Å²) in [6.07, 6.45) is 6.68. The average molecular weight is 566 g/mol. The van der Waals surface area contributed by atoms with Crippen molar-refractivity contribution < 1.29 is 4.79 Å². The third kappa shape index (κ3) is 5.37. The molecule has 41 heavy (non-hydrogen) atoms. The Bertz CT molecular complexity index is 1700. The molecule has 0 spiro atoms. The largest absolute Gasteiger partial charge is 0.347 e. The predicted molar refractivity (Wildman–Crippen MR) is 163 cm³/mol.